The molecule has 0 atom stereocenters. The average Bonchev–Trinajstić information content (AvgIpc) is 2.61. The van der Waals surface area contributed by atoms with Crippen LogP contribution in [0.4, 0.5) is 0 Å². The SMILES string of the molecule is CCc1ccc(OP(=O)(O)Oc2ccc(CC)cc2CC)c(CC)c1. The van der Waals surface area contributed by atoms with E-state index in [1.54, 1.807) is 12.1 Å². The Bertz CT molecular complexity index is 709. The van der Waals surface area contributed by atoms with Crippen molar-refractivity contribution in [1.29, 1.82) is 0 Å². The first-order valence-corrected chi connectivity index (χ1v) is 10.4. The van der Waals surface area contributed by atoms with Crippen molar-refractivity contribution in [2.45, 2.75) is 53.4 Å². The molecule has 2 aromatic rings. The number of hydrogen-bond donors (Lipinski definition) is 1. The largest absolute Gasteiger partial charge is 0.584 e. The maximum absolute atomic E-state index is 12.5. The fourth-order valence-corrected chi connectivity index (χ4v) is 3.59. The Labute approximate surface area is 150 Å². The number of rotatable bonds is 8. The molecular weight excluding hydrogens is 335 g/mol. The van der Waals surface area contributed by atoms with Gasteiger partial charge in [-0.15, -0.1) is 0 Å². The summed E-state index contributed by atoms with van der Waals surface area (Å²) in [5.74, 6) is 0.794. The van der Waals surface area contributed by atoms with Gasteiger partial charge < -0.3 is 9.05 Å². The Morgan fingerprint density at radius 2 is 1.16 bits per heavy atom. The van der Waals surface area contributed by atoms with E-state index >= 15 is 0 Å². The average molecular weight is 362 g/mol. The minimum absolute atomic E-state index is 0.397. The monoisotopic (exact) mass is 362 g/mol. The van der Waals surface area contributed by atoms with Gasteiger partial charge in [0.2, 0.25) is 0 Å². The van der Waals surface area contributed by atoms with Gasteiger partial charge in [0.05, 0.1) is 0 Å². The second kappa shape index (κ2) is 8.55. The molecule has 0 aliphatic rings. The zero-order chi connectivity index (χ0) is 18.4. The van der Waals surface area contributed by atoms with Gasteiger partial charge in [-0.3, -0.25) is 4.89 Å². The van der Waals surface area contributed by atoms with Crippen LogP contribution >= 0.6 is 7.82 Å². The Morgan fingerprint density at radius 3 is 1.48 bits per heavy atom. The van der Waals surface area contributed by atoms with Crippen molar-refractivity contribution in [1.82, 2.24) is 0 Å². The van der Waals surface area contributed by atoms with E-state index in [0.717, 1.165) is 24.0 Å². The predicted octanol–water partition coefficient (Wildman–Crippen LogP) is 5.49. The summed E-state index contributed by atoms with van der Waals surface area (Å²) in [5.41, 5.74) is 4.13. The lowest BCUT2D eigenvalue weighted by atomic mass is 10.1. The molecule has 0 aromatic heterocycles. The van der Waals surface area contributed by atoms with Crippen LogP contribution < -0.4 is 9.05 Å². The van der Waals surface area contributed by atoms with Crippen LogP contribution in [0.5, 0.6) is 11.5 Å². The molecule has 0 saturated heterocycles. The van der Waals surface area contributed by atoms with E-state index in [1.807, 2.05) is 38.1 Å². The van der Waals surface area contributed by atoms with Gasteiger partial charge in [0.15, 0.2) is 0 Å². The van der Waals surface area contributed by atoms with Gasteiger partial charge in [0.25, 0.3) is 0 Å². The highest BCUT2D eigenvalue weighted by Crippen LogP contribution is 2.46. The van der Waals surface area contributed by atoms with E-state index in [2.05, 4.69) is 13.8 Å². The maximum atomic E-state index is 12.5. The standard InChI is InChI=1S/C20H27O4P/c1-5-15-9-11-19(17(7-3)13-15)23-25(21,22)24-20-12-10-16(6-2)14-18(20)8-4/h9-14H,5-8H2,1-4H3,(H,21,22). The smallest absolute Gasteiger partial charge is 0.395 e. The van der Waals surface area contributed by atoms with Crippen molar-refractivity contribution in [2.24, 2.45) is 0 Å². The third kappa shape index (κ3) is 5.10. The van der Waals surface area contributed by atoms with Crippen molar-refractivity contribution in [3.63, 3.8) is 0 Å². The van der Waals surface area contributed by atoms with Crippen LogP contribution in [-0.4, -0.2) is 4.89 Å². The molecule has 0 aliphatic carbocycles. The Balaban J connectivity index is 2.24. The Kier molecular flexibility index (Phi) is 6.69. The molecule has 2 rings (SSSR count). The van der Waals surface area contributed by atoms with Gasteiger partial charge in [0, 0.05) is 0 Å². The summed E-state index contributed by atoms with van der Waals surface area (Å²) < 4.78 is 23.3. The summed E-state index contributed by atoms with van der Waals surface area (Å²) in [4.78, 5) is 10.2. The van der Waals surface area contributed by atoms with E-state index in [4.69, 9.17) is 9.05 Å². The zero-order valence-electron chi connectivity index (χ0n) is 15.4. The van der Waals surface area contributed by atoms with E-state index in [0.29, 0.717) is 24.3 Å². The minimum Gasteiger partial charge on any atom is -0.395 e. The van der Waals surface area contributed by atoms with Crippen molar-refractivity contribution < 1.29 is 18.5 Å². The van der Waals surface area contributed by atoms with Gasteiger partial charge in [-0.1, -0.05) is 52.0 Å². The van der Waals surface area contributed by atoms with Crippen molar-refractivity contribution >= 4 is 7.82 Å². The molecule has 0 amide bonds. The van der Waals surface area contributed by atoms with Gasteiger partial charge in [-0.05, 0) is 60.1 Å². The lowest BCUT2D eigenvalue weighted by molar-refractivity contribution is 0.289. The number of hydrogen-bond acceptors (Lipinski definition) is 3. The molecule has 25 heavy (non-hydrogen) atoms. The van der Waals surface area contributed by atoms with Crippen LogP contribution in [-0.2, 0) is 30.2 Å². The summed E-state index contributed by atoms with van der Waals surface area (Å²) in [5, 5.41) is 0. The lowest BCUT2D eigenvalue weighted by Gasteiger charge is -2.18. The third-order valence-electron chi connectivity index (χ3n) is 4.26. The zero-order valence-corrected chi connectivity index (χ0v) is 16.3. The number of phosphoric ester groups is 1. The Morgan fingerprint density at radius 1 is 0.760 bits per heavy atom. The highest BCUT2D eigenvalue weighted by atomic mass is 31.2. The molecule has 5 heteroatoms. The first-order valence-electron chi connectivity index (χ1n) is 8.87. The summed E-state index contributed by atoms with van der Waals surface area (Å²) >= 11 is 0. The van der Waals surface area contributed by atoms with E-state index in [1.165, 1.54) is 11.1 Å². The molecule has 0 saturated carbocycles. The molecule has 0 unspecified atom stereocenters. The first kappa shape index (κ1) is 19.6. The first-order chi connectivity index (χ1) is 11.9. The highest BCUT2D eigenvalue weighted by molar-refractivity contribution is 7.48. The maximum Gasteiger partial charge on any atom is 0.584 e. The second-order valence-corrected chi connectivity index (χ2v) is 7.25. The number of aryl methyl sites for hydroxylation is 4. The molecule has 0 heterocycles. The molecule has 0 aliphatic heterocycles. The molecule has 136 valence electrons. The van der Waals surface area contributed by atoms with Crippen molar-refractivity contribution in [3.8, 4) is 11.5 Å². The fourth-order valence-electron chi connectivity index (χ4n) is 2.70. The van der Waals surface area contributed by atoms with Crippen LogP contribution in [0.15, 0.2) is 36.4 Å². The van der Waals surface area contributed by atoms with E-state index in [9.17, 15) is 9.46 Å². The molecule has 0 fully saturated rings. The number of benzene rings is 2. The van der Waals surface area contributed by atoms with Gasteiger partial charge in [0.1, 0.15) is 11.5 Å². The molecule has 0 spiro atoms. The summed E-state index contributed by atoms with van der Waals surface area (Å²) in [6.07, 6.45) is 3.25. The number of phosphoric acid groups is 1. The van der Waals surface area contributed by atoms with Crippen LogP contribution in [0.3, 0.4) is 0 Å². The topological polar surface area (TPSA) is 55.8 Å². The summed E-state index contributed by atoms with van der Waals surface area (Å²) in [6, 6.07) is 11.3. The van der Waals surface area contributed by atoms with Crippen LogP contribution in [0, 0.1) is 0 Å². The van der Waals surface area contributed by atoms with E-state index < -0.39 is 7.82 Å². The van der Waals surface area contributed by atoms with Crippen LogP contribution in [0.1, 0.15) is 49.9 Å². The van der Waals surface area contributed by atoms with Crippen LogP contribution in [0.25, 0.3) is 0 Å². The summed E-state index contributed by atoms with van der Waals surface area (Å²) in [7, 11) is -4.26. The molecule has 0 radical (unpaired) electrons. The molecule has 2 aromatic carbocycles. The quantitative estimate of drug-likeness (QED) is 0.631. The van der Waals surface area contributed by atoms with Crippen molar-refractivity contribution in [2.75, 3.05) is 0 Å². The third-order valence-corrected chi connectivity index (χ3v) is 5.11. The minimum atomic E-state index is -4.26. The Hall–Kier alpha value is -1.77. The van der Waals surface area contributed by atoms with Gasteiger partial charge in [-0.25, -0.2) is 4.57 Å². The fraction of sp³-hybridized carbons (Fsp3) is 0.400. The predicted molar refractivity (Wildman–Crippen MR) is 101 cm³/mol. The molecule has 0 bridgehead atoms. The normalized spacial score (nSPS) is 11.4. The lowest BCUT2D eigenvalue weighted by Crippen LogP contribution is -2.04. The van der Waals surface area contributed by atoms with Crippen LogP contribution in [0.2, 0.25) is 0 Å². The molecule has 1 N–H and O–H groups in total. The summed E-state index contributed by atoms with van der Waals surface area (Å²) in [6.45, 7) is 8.12. The van der Waals surface area contributed by atoms with Gasteiger partial charge in [-0.2, -0.15) is 0 Å². The van der Waals surface area contributed by atoms with E-state index in [-0.39, 0.29) is 0 Å². The van der Waals surface area contributed by atoms with Gasteiger partial charge >= 0.3 is 7.82 Å². The molecule has 4 nitrogen and oxygen atoms in total. The highest BCUT2D eigenvalue weighted by Gasteiger charge is 2.27. The molecular formula is C20H27O4P. The second-order valence-electron chi connectivity index (χ2n) is 5.95. The van der Waals surface area contributed by atoms with Crippen molar-refractivity contribution in [3.05, 3.63) is 58.7 Å².